The van der Waals surface area contributed by atoms with Crippen molar-refractivity contribution in [2.75, 3.05) is 74.2 Å². The van der Waals surface area contributed by atoms with Gasteiger partial charge in [-0.15, -0.1) is 0 Å². The summed E-state index contributed by atoms with van der Waals surface area (Å²) in [4.78, 5) is 2.60. The molecule has 8 heterocycles. The monoisotopic (exact) mass is 1540 g/mol. The minimum absolute atomic E-state index is 0.402. The van der Waals surface area contributed by atoms with Crippen LogP contribution >= 0.6 is 82.3 Å². The minimum atomic E-state index is -0.527. The van der Waals surface area contributed by atoms with Crippen molar-refractivity contribution in [2.24, 2.45) is 0 Å². The molecule has 1 aliphatic carbocycles. The summed E-state index contributed by atoms with van der Waals surface area (Å²) in [5, 5.41) is 3.92. The van der Waals surface area contributed by atoms with E-state index >= 15 is 0 Å². The third-order valence-corrected chi connectivity index (χ3v) is 28.4. The molecule has 7 nitrogen and oxygen atoms in total. The summed E-state index contributed by atoms with van der Waals surface area (Å²) < 4.78 is 42.8. The molecule has 8 aliphatic heterocycles. The Labute approximate surface area is 663 Å². The van der Waals surface area contributed by atoms with Crippen LogP contribution in [0.4, 0.5) is 0 Å². The molecule has 540 valence electrons. The van der Waals surface area contributed by atoms with E-state index in [0.29, 0.717) is 31.5 Å². The smallest absolute Gasteiger partial charge is 0.132 e. The molecule has 0 spiro atoms. The van der Waals surface area contributed by atoms with Crippen LogP contribution in [0.25, 0.3) is 0 Å². The predicted octanol–water partition coefficient (Wildman–Crippen LogP) is 21.6. The molecule has 6 atom stereocenters. The van der Waals surface area contributed by atoms with Crippen LogP contribution in [0.2, 0.25) is 0 Å². The summed E-state index contributed by atoms with van der Waals surface area (Å²) >= 11 is 13.6. The molecule has 6 saturated heterocycles. The zero-order chi connectivity index (χ0) is 71.9. The highest BCUT2D eigenvalue weighted by atomic mass is 32.2. The second kappa shape index (κ2) is 30.9. The number of rotatable bonds is 24. The van der Waals surface area contributed by atoms with Crippen LogP contribution in [0.3, 0.4) is 0 Å². The molecule has 0 aromatic heterocycles. The van der Waals surface area contributed by atoms with E-state index in [0.717, 1.165) is 103 Å². The van der Waals surface area contributed by atoms with Crippen LogP contribution in [-0.2, 0) is 22.7 Å². The summed E-state index contributed by atoms with van der Waals surface area (Å²) in [6.07, 6.45) is 0.953. The standard InChI is InChI=1S/C32H28O2S2.C31H26O3S2.C31H26O2S3/c1-3-7-30-22(5-1)17-23-6-2-4-8-31(23)32(30,24-9-13-26(14-10-24)33-18-28-20-35-28)25-11-15-27(16-12-25)34-19-29-21-36-29;1-3-7-29-27(5-1)31(28-6-2-4-8-30(28)34-29,21-9-13-23(14-10-21)32-17-25-19-35-25)22-11-15-24(16-12-22)33-18-26-20-36-26;1-3-7-29-27(5-1)31(28-6-2-4-8-30(28)36-29,21-9-13-23(14-10-21)32-17-25-19-34-25)22-11-15-24(16-12-22)33-18-26-20-35-26/h1-16,28-29H,17-21H2;2*1-16,25-26H,17-20H2. The van der Waals surface area contributed by atoms with Crippen LogP contribution in [0.1, 0.15) is 77.9 Å². The third-order valence-electron chi connectivity index (χ3n) is 21.6. The summed E-state index contributed by atoms with van der Waals surface area (Å²) in [5.74, 6) is 14.6. The SMILES string of the molecule is c1ccc2c(c1)Cc1ccccc1C2(c1ccc(OCC2CS2)cc1)c1ccc(OCC2CS2)cc1.c1ccc2c(c1)Oc1ccccc1C2(c1ccc(OCC2CS2)cc1)c1ccc(OCC2CS2)cc1.c1ccc2c(c1)Sc1ccccc1C2(c1ccc(OCC2CS2)cc1)c1ccc(OCC2CS2)cc1. The van der Waals surface area contributed by atoms with Crippen LogP contribution in [0.15, 0.2) is 301 Å². The summed E-state index contributed by atoms with van der Waals surface area (Å²) in [7, 11) is 0. The Bertz CT molecular complexity index is 4320. The van der Waals surface area contributed by atoms with Gasteiger partial charge in [-0.05, 0) is 170 Å². The number of fused-ring (bicyclic) bond motifs is 6. The highest BCUT2D eigenvalue weighted by Gasteiger charge is 2.48. The number of para-hydroxylation sites is 2. The molecule has 14 heteroatoms. The highest BCUT2D eigenvalue weighted by Crippen LogP contribution is 2.59. The normalized spacial score (nSPS) is 20.6. The number of hydrogen-bond donors (Lipinski definition) is 0. The van der Waals surface area contributed by atoms with Crippen LogP contribution in [0.5, 0.6) is 46.0 Å². The Balaban J connectivity index is 0.000000110. The van der Waals surface area contributed by atoms with E-state index in [1.54, 1.807) is 0 Å². The van der Waals surface area contributed by atoms with Crippen LogP contribution in [0, 0.1) is 0 Å². The van der Waals surface area contributed by atoms with E-state index in [9.17, 15) is 0 Å². The molecule has 0 amide bonds. The fraction of sp³-hybridized carbons (Fsp3) is 0.234. The summed E-state index contributed by atoms with van der Waals surface area (Å²) in [6, 6.07) is 105. The first-order chi connectivity index (χ1) is 53.4. The quantitative estimate of drug-likeness (QED) is 0.0540. The number of ether oxygens (including phenoxy) is 7. The Kier molecular flexibility index (Phi) is 20.0. The number of hydrogen-bond acceptors (Lipinski definition) is 14. The molecular weight excluding hydrogens is 1470 g/mol. The molecule has 6 fully saturated rings. The van der Waals surface area contributed by atoms with Crippen molar-refractivity contribution in [3.8, 4) is 46.0 Å². The highest BCUT2D eigenvalue weighted by molar-refractivity contribution is 8.08. The lowest BCUT2D eigenvalue weighted by atomic mass is 9.60. The molecule has 0 bridgehead atoms. The molecule has 108 heavy (non-hydrogen) atoms. The molecule has 0 saturated carbocycles. The van der Waals surface area contributed by atoms with Gasteiger partial charge in [0.1, 0.15) is 85.6 Å². The zero-order valence-electron chi connectivity index (χ0n) is 59.6. The lowest BCUT2D eigenvalue weighted by molar-refractivity contribution is 0.329. The van der Waals surface area contributed by atoms with E-state index in [4.69, 9.17) is 33.2 Å². The lowest BCUT2D eigenvalue weighted by Crippen LogP contribution is -2.36. The van der Waals surface area contributed by atoms with Crippen LogP contribution in [-0.4, -0.2) is 106 Å². The van der Waals surface area contributed by atoms with Crippen molar-refractivity contribution in [3.05, 3.63) is 369 Å². The van der Waals surface area contributed by atoms with Gasteiger partial charge in [-0.25, -0.2) is 0 Å². The first-order valence-electron chi connectivity index (χ1n) is 37.4. The Morgan fingerprint density at radius 3 is 0.722 bits per heavy atom. The van der Waals surface area contributed by atoms with Gasteiger partial charge in [0.05, 0.1) is 16.2 Å². The van der Waals surface area contributed by atoms with Gasteiger partial charge >= 0.3 is 0 Å². The number of thioether (sulfide) groups is 6. The minimum Gasteiger partial charge on any atom is -0.492 e. The molecule has 0 radical (unpaired) electrons. The summed E-state index contributed by atoms with van der Waals surface area (Å²) in [6.45, 7) is 4.71. The number of benzene rings is 12. The van der Waals surface area contributed by atoms with Gasteiger partial charge in [-0.2, -0.15) is 70.6 Å². The maximum Gasteiger partial charge on any atom is 0.132 e. The molecule has 21 rings (SSSR count). The average molecular weight is 1550 g/mol. The average Bonchev–Trinajstić information content (AvgIpc) is 1.38. The van der Waals surface area contributed by atoms with Crippen molar-refractivity contribution in [3.63, 3.8) is 0 Å². The fourth-order valence-corrected chi connectivity index (χ4v) is 19.3. The molecule has 9 aliphatic rings. The third kappa shape index (κ3) is 14.6. The van der Waals surface area contributed by atoms with Gasteiger partial charge < -0.3 is 33.2 Å². The van der Waals surface area contributed by atoms with Gasteiger partial charge in [0.15, 0.2) is 0 Å². The Morgan fingerprint density at radius 2 is 0.454 bits per heavy atom. The predicted molar refractivity (Wildman–Crippen MR) is 452 cm³/mol. The van der Waals surface area contributed by atoms with Gasteiger partial charge in [0.25, 0.3) is 0 Å². The topological polar surface area (TPSA) is 64.6 Å². The van der Waals surface area contributed by atoms with Crippen molar-refractivity contribution in [1.29, 1.82) is 0 Å². The zero-order valence-corrected chi connectivity index (χ0v) is 65.3. The van der Waals surface area contributed by atoms with Crippen LogP contribution < -0.4 is 33.2 Å². The molecule has 12 aromatic rings. The molecular formula is C94H80O7S7. The van der Waals surface area contributed by atoms with E-state index in [1.807, 2.05) is 94.5 Å². The van der Waals surface area contributed by atoms with Crippen molar-refractivity contribution >= 4 is 82.3 Å². The van der Waals surface area contributed by atoms with Crippen molar-refractivity contribution in [2.45, 2.75) is 64.0 Å². The lowest BCUT2D eigenvalue weighted by Gasteiger charge is -2.42. The molecule has 6 unspecified atom stereocenters. The Morgan fingerprint density at radius 1 is 0.241 bits per heavy atom. The second-order valence-electron chi connectivity index (χ2n) is 28.7. The maximum absolute atomic E-state index is 6.41. The van der Waals surface area contributed by atoms with E-state index < -0.39 is 16.2 Å². The first kappa shape index (κ1) is 70.1. The van der Waals surface area contributed by atoms with Gasteiger partial charge in [0.2, 0.25) is 0 Å². The van der Waals surface area contributed by atoms with Gasteiger partial charge in [-0.3, -0.25) is 0 Å². The fourth-order valence-electron chi connectivity index (χ4n) is 15.7. The maximum atomic E-state index is 6.41. The molecule has 0 N–H and O–H groups in total. The van der Waals surface area contributed by atoms with Crippen molar-refractivity contribution in [1.82, 2.24) is 0 Å². The molecule has 12 aromatic carbocycles. The van der Waals surface area contributed by atoms with E-state index in [2.05, 4.69) is 279 Å². The van der Waals surface area contributed by atoms with Gasteiger partial charge in [0, 0.05) is 86.9 Å². The van der Waals surface area contributed by atoms with E-state index in [1.165, 1.54) is 111 Å². The van der Waals surface area contributed by atoms with Crippen molar-refractivity contribution < 1.29 is 33.2 Å². The summed E-state index contributed by atoms with van der Waals surface area (Å²) in [5.41, 5.74) is 16.4. The van der Waals surface area contributed by atoms with E-state index in [-0.39, 0.29) is 0 Å². The first-order valence-corrected chi connectivity index (χ1v) is 44.5. The second-order valence-corrected chi connectivity index (χ2v) is 37.8. The largest absolute Gasteiger partial charge is 0.492 e. The van der Waals surface area contributed by atoms with Gasteiger partial charge in [-0.1, -0.05) is 206 Å². The Hall–Kier alpha value is -8.31.